The molecule has 0 bridgehead atoms. The number of hydrogen-bond acceptors (Lipinski definition) is 5. The zero-order valence-corrected chi connectivity index (χ0v) is 13.3. The van der Waals surface area contributed by atoms with Gasteiger partial charge in [-0.15, -0.1) is 6.42 Å². The molecular weight excluding hydrogens is 312 g/mol. The number of amides is 2. The molecule has 1 atom stereocenters. The Bertz CT molecular complexity index is 707. The van der Waals surface area contributed by atoms with Crippen molar-refractivity contribution in [2.45, 2.75) is 25.4 Å². The summed E-state index contributed by atoms with van der Waals surface area (Å²) < 4.78 is 10.0. The van der Waals surface area contributed by atoms with Gasteiger partial charge in [0.15, 0.2) is 0 Å². The van der Waals surface area contributed by atoms with E-state index in [1.54, 1.807) is 18.2 Å². The van der Waals surface area contributed by atoms with Crippen molar-refractivity contribution in [2.24, 2.45) is 5.73 Å². The Labute approximate surface area is 139 Å². The SMILES string of the molecule is C#CCOc1cccc2c1CN(C(CCC(=O)OC)C(N)=O)C2=O. The molecule has 0 fully saturated rings. The number of esters is 1. The van der Waals surface area contributed by atoms with Crippen LogP contribution >= 0.6 is 0 Å². The van der Waals surface area contributed by atoms with Crippen molar-refractivity contribution in [1.82, 2.24) is 4.90 Å². The maximum absolute atomic E-state index is 12.6. The van der Waals surface area contributed by atoms with Crippen LogP contribution in [-0.2, 0) is 20.9 Å². The molecule has 7 heteroatoms. The summed E-state index contributed by atoms with van der Waals surface area (Å²) in [6.45, 7) is 0.246. The number of ether oxygens (including phenoxy) is 2. The van der Waals surface area contributed by atoms with Crippen molar-refractivity contribution in [2.75, 3.05) is 13.7 Å². The van der Waals surface area contributed by atoms with Crippen LogP contribution in [0.1, 0.15) is 28.8 Å². The lowest BCUT2D eigenvalue weighted by Crippen LogP contribution is -2.45. The first-order chi connectivity index (χ1) is 11.5. The Morgan fingerprint density at radius 1 is 1.46 bits per heavy atom. The monoisotopic (exact) mass is 330 g/mol. The van der Waals surface area contributed by atoms with Gasteiger partial charge in [0, 0.05) is 17.5 Å². The minimum atomic E-state index is -0.899. The van der Waals surface area contributed by atoms with Crippen LogP contribution in [0.15, 0.2) is 18.2 Å². The third-order valence-corrected chi connectivity index (χ3v) is 3.82. The highest BCUT2D eigenvalue weighted by Crippen LogP contribution is 2.32. The van der Waals surface area contributed by atoms with Gasteiger partial charge < -0.3 is 20.1 Å². The summed E-state index contributed by atoms with van der Waals surface area (Å²) in [4.78, 5) is 37.0. The van der Waals surface area contributed by atoms with E-state index in [1.807, 2.05) is 0 Å². The van der Waals surface area contributed by atoms with E-state index in [9.17, 15) is 14.4 Å². The van der Waals surface area contributed by atoms with Gasteiger partial charge in [0.25, 0.3) is 5.91 Å². The van der Waals surface area contributed by atoms with E-state index < -0.39 is 17.9 Å². The van der Waals surface area contributed by atoms with Gasteiger partial charge >= 0.3 is 5.97 Å². The highest BCUT2D eigenvalue weighted by Gasteiger charge is 2.37. The second kappa shape index (κ2) is 7.51. The van der Waals surface area contributed by atoms with E-state index in [1.165, 1.54) is 12.0 Å². The van der Waals surface area contributed by atoms with E-state index in [-0.39, 0.29) is 31.9 Å². The van der Waals surface area contributed by atoms with Crippen LogP contribution in [0.4, 0.5) is 0 Å². The van der Waals surface area contributed by atoms with Gasteiger partial charge in [-0.3, -0.25) is 14.4 Å². The fraction of sp³-hybridized carbons (Fsp3) is 0.353. The maximum Gasteiger partial charge on any atom is 0.305 e. The molecule has 0 saturated heterocycles. The van der Waals surface area contributed by atoms with Crippen LogP contribution in [0.5, 0.6) is 5.75 Å². The maximum atomic E-state index is 12.6. The van der Waals surface area contributed by atoms with Crippen molar-refractivity contribution < 1.29 is 23.9 Å². The smallest absolute Gasteiger partial charge is 0.305 e. The Morgan fingerprint density at radius 2 is 2.21 bits per heavy atom. The van der Waals surface area contributed by atoms with Crippen LogP contribution in [0.3, 0.4) is 0 Å². The summed E-state index contributed by atoms with van der Waals surface area (Å²) in [7, 11) is 1.26. The minimum absolute atomic E-state index is 0.00924. The van der Waals surface area contributed by atoms with Gasteiger partial charge in [0.05, 0.1) is 13.7 Å². The van der Waals surface area contributed by atoms with Crippen molar-refractivity contribution in [3.63, 3.8) is 0 Å². The van der Waals surface area contributed by atoms with Crippen molar-refractivity contribution in [3.8, 4) is 18.1 Å². The standard InChI is InChI=1S/C17H18N2O5/c1-3-9-24-14-6-4-5-11-12(14)10-19(17(11)22)13(16(18)21)7-8-15(20)23-2/h1,4-6,13H,7-10H2,2H3,(H2,18,21). The number of nitrogens with zero attached hydrogens (tertiary/aromatic N) is 1. The number of terminal acetylenes is 1. The average Bonchev–Trinajstić information content (AvgIpc) is 2.90. The third-order valence-electron chi connectivity index (χ3n) is 3.82. The fourth-order valence-electron chi connectivity index (χ4n) is 2.64. The zero-order chi connectivity index (χ0) is 17.7. The number of primary amides is 1. The summed E-state index contributed by atoms with van der Waals surface area (Å²) >= 11 is 0. The zero-order valence-electron chi connectivity index (χ0n) is 13.3. The van der Waals surface area contributed by atoms with E-state index in [2.05, 4.69) is 10.7 Å². The van der Waals surface area contributed by atoms with Crippen molar-refractivity contribution in [3.05, 3.63) is 29.3 Å². The average molecular weight is 330 g/mol. The first kappa shape index (κ1) is 17.3. The number of carbonyl (C=O) groups is 3. The summed E-state index contributed by atoms with van der Waals surface area (Å²) in [6, 6.07) is 4.14. The molecule has 126 valence electrons. The molecule has 1 aromatic carbocycles. The van der Waals surface area contributed by atoms with Crippen LogP contribution < -0.4 is 10.5 Å². The summed E-state index contributed by atoms with van der Waals surface area (Å²) in [6.07, 6.45) is 5.28. The van der Waals surface area contributed by atoms with E-state index in [0.29, 0.717) is 16.9 Å². The number of hydrogen-bond donors (Lipinski definition) is 1. The number of rotatable bonds is 7. The quantitative estimate of drug-likeness (QED) is 0.578. The highest BCUT2D eigenvalue weighted by atomic mass is 16.5. The normalized spacial score (nSPS) is 13.8. The molecule has 1 unspecified atom stereocenters. The predicted octanol–water partition coefficient (Wildman–Crippen LogP) is 0.462. The molecule has 2 N–H and O–H groups in total. The summed E-state index contributed by atoms with van der Waals surface area (Å²) in [5, 5.41) is 0. The van der Waals surface area contributed by atoms with Crippen LogP contribution in [0, 0.1) is 12.3 Å². The van der Waals surface area contributed by atoms with Crippen molar-refractivity contribution >= 4 is 17.8 Å². The Hall–Kier alpha value is -3.01. The largest absolute Gasteiger partial charge is 0.481 e. The predicted molar refractivity (Wildman–Crippen MR) is 84.9 cm³/mol. The molecule has 24 heavy (non-hydrogen) atoms. The van der Waals surface area contributed by atoms with Crippen molar-refractivity contribution in [1.29, 1.82) is 0 Å². The van der Waals surface area contributed by atoms with E-state index in [4.69, 9.17) is 16.9 Å². The van der Waals surface area contributed by atoms with Crippen LogP contribution in [0.2, 0.25) is 0 Å². The van der Waals surface area contributed by atoms with Gasteiger partial charge in [-0.1, -0.05) is 12.0 Å². The molecule has 2 amide bonds. The Morgan fingerprint density at radius 3 is 2.83 bits per heavy atom. The van der Waals surface area contributed by atoms with Crippen LogP contribution in [0.25, 0.3) is 0 Å². The fourth-order valence-corrected chi connectivity index (χ4v) is 2.64. The van der Waals surface area contributed by atoms with Crippen LogP contribution in [-0.4, -0.2) is 42.4 Å². The van der Waals surface area contributed by atoms with E-state index in [0.717, 1.165) is 0 Å². The first-order valence-electron chi connectivity index (χ1n) is 7.34. The summed E-state index contributed by atoms with van der Waals surface area (Å²) in [5.41, 5.74) is 6.51. The molecule has 0 saturated carbocycles. The summed E-state index contributed by atoms with van der Waals surface area (Å²) in [5.74, 6) is 1.39. The molecule has 1 aliphatic heterocycles. The third kappa shape index (κ3) is 3.49. The van der Waals surface area contributed by atoms with Gasteiger partial charge in [-0.05, 0) is 18.6 Å². The topological polar surface area (TPSA) is 98.9 Å². The van der Waals surface area contributed by atoms with Gasteiger partial charge in [-0.25, -0.2) is 0 Å². The molecule has 1 aromatic rings. The second-order valence-electron chi connectivity index (χ2n) is 5.24. The highest BCUT2D eigenvalue weighted by molar-refractivity contribution is 6.01. The van der Waals surface area contributed by atoms with Gasteiger partial charge in [-0.2, -0.15) is 0 Å². The number of methoxy groups -OCH3 is 1. The van der Waals surface area contributed by atoms with Gasteiger partial charge in [0.1, 0.15) is 18.4 Å². The number of nitrogens with two attached hydrogens (primary N) is 1. The number of benzene rings is 1. The molecule has 0 aliphatic carbocycles. The lowest BCUT2D eigenvalue weighted by Gasteiger charge is -2.24. The second-order valence-corrected chi connectivity index (χ2v) is 5.24. The molecule has 7 nitrogen and oxygen atoms in total. The number of carbonyl (C=O) groups excluding carboxylic acids is 3. The lowest BCUT2D eigenvalue weighted by atomic mass is 10.1. The lowest BCUT2D eigenvalue weighted by molar-refractivity contribution is -0.141. The van der Waals surface area contributed by atoms with Gasteiger partial charge in [0.2, 0.25) is 5.91 Å². The molecule has 1 heterocycles. The number of fused-ring (bicyclic) bond motifs is 1. The molecule has 0 spiro atoms. The molecule has 1 aliphatic rings. The Kier molecular flexibility index (Phi) is 5.42. The molecular formula is C17H18N2O5. The minimum Gasteiger partial charge on any atom is -0.481 e. The molecule has 0 radical (unpaired) electrons. The molecule has 2 rings (SSSR count). The first-order valence-corrected chi connectivity index (χ1v) is 7.34. The Balaban J connectivity index is 2.23. The molecule has 0 aromatic heterocycles. The van der Waals surface area contributed by atoms with E-state index >= 15 is 0 Å².